The number of rotatable bonds is 7. The van der Waals surface area contributed by atoms with Gasteiger partial charge in [0.25, 0.3) is 15.9 Å². The highest BCUT2D eigenvalue weighted by Crippen LogP contribution is 2.46. The number of aliphatic hydroxyl groups excluding tert-OH is 1. The number of halogens is 3. The van der Waals surface area contributed by atoms with Gasteiger partial charge < -0.3 is 14.7 Å². The van der Waals surface area contributed by atoms with Gasteiger partial charge in [0.05, 0.1) is 11.7 Å². The molecular weight excluding hydrogens is 535 g/mol. The van der Waals surface area contributed by atoms with Crippen LogP contribution in [0.2, 0.25) is 0 Å². The van der Waals surface area contributed by atoms with Gasteiger partial charge in [0.2, 0.25) is 0 Å². The number of nitrogens with zero attached hydrogens (tertiary/aromatic N) is 2. The first kappa shape index (κ1) is 26.9. The zero-order valence-corrected chi connectivity index (χ0v) is 21.7. The molecule has 2 N–H and O–H groups in total. The van der Waals surface area contributed by atoms with Crippen LogP contribution in [0.4, 0.5) is 19.0 Å². The van der Waals surface area contributed by atoms with Crippen molar-refractivity contribution in [1.29, 1.82) is 0 Å². The number of β-amino-alcohol motifs (C(OH)–C–C–N with tert-alkyl or cyclic N) is 1. The first-order valence-electron chi connectivity index (χ1n) is 12.3. The van der Waals surface area contributed by atoms with Crippen molar-refractivity contribution >= 4 is 21.7 Å². The second-order valence-electron chi connectivity index (χ2n) is 9.80. The molecule has 0 radical (unpaired) electrons. The minimum Gasteiger partial charge on any atom is -0.477 e. The quantitative estimate of drug-likeness (QED) is 0.448. The van der Waals surface area contributed by atoms with E-state index in [1.165, 1.54) is 42.5 Å². The van der Waals surface area contributed by atoms with Gasteiger partial charge >= 0.3 is 6.18 Å². The summed E-state index contributed by atoms with van der Waals surface area (Å²) in [6.45, 7) is 2.56. The third-order valence-electron chi connectivity index (χ3n) is 6.78. The number of aryl methyl sites for hydroxylation is 1. The number of ether oxygens (including phenoxy) is 1. The van der Waals surface area contributed by atoms with Gasteiger partial charge in [-0.2, -0.15) is 21.6 Å². The topological polar surface area (TPSA) is 109 Å². The van der Waals surface area contributed by atoms with Crippen molar-refractivity contribution in [3.63, 3.8) is 0 Å². The van der Waals surface area contributed by atoms with Crippen LogP contribution in [-0.2, 0) is 21.0 Å². The summed E-state index contributed by atoms with van der Waals surface area (Å²) >= 11 is 0. The highest BCUT2D eigenvalue weighted by Gasteiger charge is 2.54. The molecule has 2 aliphatic rings. The normalized spacial score (nSPS) is 18.6. The summed E-state index contributed by atoms with van der Waals surface area (Å²) in [6.07, 6.45) is -4.25. The predicted octanol–water partition coefficient (Wildman–Crippen LogP) is 4.06. The molecule has 1 saturated carbocycles. The van der Waals surface area contributed by atoms with Crippen molar-refractivity contribution in [2.24, 2.45) is 0 Å². The molecule has 0 bridgehead atoms. The van der Waals surface area contributed by atoms with Crippen LogP contribution in [0.5, 0.6) is 5.75 Å². The second-order valence-corrected chi connectivity index (χ2v) is 11.4. The number of aromatic nitrogens is 1. The molecule has 0 spiro atoms. The standard InChI is InChI=1S/C27H26F3N3O5S/c1-17-9-10-20(19-5-2-3-6-21(19)27(28,29)30)22(15-17)38-26(12-13-26)25(35)32-39(36,37)24-8-4-7-23(31-24)33-14-11-18(34)16-33/h2-10,15,18,34H,11-14,16H2,1H3,(H,32,35). The van der Waals surface area contributed by atoms with Crippen LogP contribution in [0.1, 0.15) is 30.4 Å². The van der Waals surface area contributed by atoms with Crippen LogP contribution >= 0.6 is 0 Å². The third kappa shape index (κ3) is 5.57. The van der Waals surface area contributed by atoms with Gasteiger partial charge in [0.1, 0.15) is 11.6 Å². The largest absolute Gasteiger partial charge is 0.477 e. The Kier molecular flexibility index (Phi) is 6.79. The van der Waals surface area contributed by atoms with E-state index in [1.807, 2.05) is 4.72 Å². The molecule has 1 aromatic heterocycles. The smallest absolute Gasteiger partial charge is 0.417 e. The van der Waals surface area contributed by atoms with Crippen molar-refractivity contribution < 1.29 is 36.2 Å². The fourth-order valence-corrected chi connectivity index (χ4v) is 5.55. The van der Waals surface area contributed by atoms with E-state index in [2.05, 4.69) is 4.98 Å². The molecule has 2 heterocycles. The lowest BCUT2D eigenvalue weighted by Gasteiger charge is -2.22. The maximum atomic E-state index is 13.7. The molecule has 39 heavy (non-hydrogen) atoms. The van der Waals surface area contributed by atoms with Gasteiger partial charge in [0, 0.05) is 31.5 Å². The lowest BCUT2D eigenvalue weighted by Crippen LogP contribution is -2.43. The van der Waals surface area contributed by atoms with Crippen LogP contribution in [0, 0.1) is 6.92 Å². The fraction of sp³-hybridized carbons (Fsp3) is 0.333. The molecule has 12 heteroatoms. The lowest BCUT2D eigenvalue weighted by molar-refractivity contribution is -0.137. The summed E-state index contributed by atoms with van der Waals surface area (Å²) in [5, 5.41) is 9.40. The number of sulfonamides is 1. The van der Waals surface area contributed by atoms with Crippen LogP contribution in [0.3, 0.4) is 0 Å². The number of aliphatic hydroxyl groups is 1. The number of carbonyl (C=O) groups excluding carboxylic acids is 1. The molecule has 1 aliphatic heterocycles. The predicted molar refractivity (Wildman–Crippen MR) is 137 cm³/mol. The molecule has 5 rings (SSSR count). The Morgan fingerprint density at radius 2 is 1.85 bits per heavy atom. The number of hydrogen-bond donors (Lipinski definition) is 2. The number of hydrogen-bond acceptors (Lipinski definition) is 7. The van der Waals surface area contributed by atoms with E-state index in [0.717, 1.165) is 6.07 Å². The van der Waals surface area contributed by atoms with E-state index in [4.69, 9.17) is 4.74 Å². The van der Waals surface area contributed by atoms with Crippen molar-refractivity contribution in [3.05, 3.63) is 71.8 Å². The Hall–Kier alpha value is -3.64. The van der Waals surface area contributed by atoms with Crippen LogP contribution in [-0.4, -0.2) is 49.2 Å². The molecule has 8 nitrogen and oxygen atoms in total. The number of amides is 1. The monoisotopic (exact) mass is 561 g/mol. The number of nitrogens with one attached hydrogen (secondary N) is 1. The molecule has 1 unspecified atom stereocenters. The maximum absolute atomic E-state index is 13.7. The summed E-state index contributed by atoms with van der Waals surface area (Å²) in [7, 11) is -4.39. The maximum Gasteiger partial charge on any atom is 0.417 e. The lowest BCUT2D eigenvalue weighted by atomic mass is 9.97. The number of carbonyl (C=O) groups is 1. The van der Waals surface area contributed by atoms with Gasteiger partial charge in [-0.15, -0.1) is 0 Å². The highest BCUT2D eigenvalue weighted by atomic mass is 32.2. The molecule has 1 atom stereocenters. The van der Waals surface area contributed by atoms with E-state index in [0.29, 0.717) is 30.9 Å². The Morgan fingerprint density at radius 3 is 2.51 bits per heavy atom. The summed E-state index contributed by atoms with van der Waals surface area (Å²) in [5.74, 6) is -0.528. The van der Waals surface area contributed by atoms with E-state index < -0.39 is 39.4 Å². The first-order chi connectivity index (χ1) is 18.4. The van der Waals surface area contributed by atoms with E-state index in [1.54, 1.807) is 24.0 Å². The summed E-state index contributed by atoms with van der Waals surface area (Å²) in [6, 6.07) is 14.1. The van der Waals surface area contributed by atoms with Crippen molar-refractivity contribution in [2.75, 3.05) is 18.0 Å². The molecule has 3 aromatic rings. The van der Waals surface area contributed by atoms with E-state index in [-0.39, 0.29) is 34.7 Å². The Bertz CT molecular complexity index is 1520. The average molecular weight is 562 g/mol. The summed E-state index contributed by atoms with van der Waals surface area (Å²) in [5.41, 5.74) is -1.70. The van der Waals surface area contributed by atoms with Crippen molar-refractivity contribution in [2.45, 2.75) is 49.1 Å². The minimum absolute atomic E-state index is 0.0458. The molecule has 2 aromatic carbocycles. The summed E-state index contributed by atoms with van der Waals surface area (Å²) < 4.78 is 75.3. The SMILES string of the molecule is Cc1ccc(-c2ccccc2C(F)(F)F)c(OC2(C(=O)NS(=O)(=O)c3cccc(N4CCC(O)C4)n3)CC2)c1. The van der Waals surface area contributed by atoms with Crippen LogP contribution < -0.4 is 14.4 Å². The first-order valence-corrected chi connectivity index (χ1v) is 13.8. The van der Waals surface area contributed by atoms with Crippen molar-refractivity contribution in [3.8, 4) is 16.9 Å². The summed E-state index contributed by atoms with van der Waals surface area (Å²) in [4.78, 5) is 19.1. The second kappa shape index (κ2) is 9.83. The van der Waals surface area contributed by atoms with Gasteiger partial charge in [0.15, 0.2) is 10.6 Å². The fourth-order valence-electron chi connectivity index (χ4n) is 4.55. The molecule has 2 fully saturated rings. The van der Waals surface area contributed by atoms with Crippen LogP contribution in [0.15, 0.2) is 65.7 Å². The zero-order chi connectivity index (χ0) is 28.0. The van der Waals surface area contributed by atoms with Gasteiger partial charge in [-0.1, -0.05) is 36.4 Å². The van der Waals surface area contributed by atoms with Crippen LogP contribution in [0.25, 0.3) is 11.1 Å². The number of alkyl halides is 3. The highest BCUT2D eigenvalue weighted by molar-refractivity contribution is 7.90. The number of anilines is 1. The van der Waals surface area contributed by atoms with Gasteiger partial charge in [-0.25, -0.2) is 9.71 Å². The molecule has 206 valence electrons. The minimum atomic E-state index is -4.61. The van der Waals surface area contributed by atoms with Gasteiger partial charge in [-0.05, 0) is 48.7 Å². The molecule has 1 amide bonds. The molecule has 1 aliphatic carbocycles. The Morgan fingerprint density at radius 1 is 1.10 bits per heavy atom. The molecular formula is C27H26F3N3O5S. The number of benzene rings is 2. The zero-order valence-electron chi connectivity index (χ0n) is 20.9. The third-order valence-corrected chi connectivity index (χ3v) is 8.01. The van der Waals surface area contributed by atoms with Crippen molar-refractivity contribution in [1.82, 2.24) is 9.71 Å². The van der Waals surface area contributed by atoms with E-state index >= 15 is 0 Å². The Balaban J connectivity index is 1.40. The van der Waals surface area contributed by atoms with Gasteiger partial charge in [-0.3, -0.25) is 4.79 Å². The Labute approximate surface area is 223 Å². The molecule has 1 saturated heterocycles. The average Bonchev–Trinajstić information content (AvgIpc) is 3.54. The van der Waals surface area contributed by atoms with E-state index in [9.17, 15) is 31.5 Å². The number of pyridine rings is 1.